The minimum absolute atomic E-state index is 0.167. The summed E-state index contributed by atoms with van der Waals surface area (Å²) in [6, 6.07) is 18.0. The fourth-order valence-electron chi connectivity index (χ4n) is 4.45. The first-order chi connectivity index (χ1) is 16.1. The fourth-order valence-corrected chi connectivity index (χ4v) is 4.45. The van der Waals surface area contributed by atoms with Gasteiger partial charge in [-0.1, -0.05) is 56.3 Å². The van der Waals surface area contributed by atoms with E-state index in [0.717, 1.165) is 56.9 Å². The van der Waals surface area contributed by atoms with E-state index < -0.39 is 0 Å². The third-order valence-electron chi connectivity index (χ3n) is 6.14. The van der Waals surface area contributed by atoms with Crippen LogP contribution in [0.2, 0.25) is 0 Å². The van der Waals surface area contributed by atoms with Crippen LogP contribution >= 0.6 is 0 Å². The first-order valence-electron chi connectivity index (χ1n) is 12.0. The number of imide groups is 1. The quantitative estimate of drug-likeness (QED) is 0.548. The van der Waals surface area contributed by atoms with Crippen LogP contribution in [-0.4, -0.2) is 65.8 Å². The van der Waals surface area contributed by atoms with E-state index in [9.17, 15) is 9.59 Å². The maximum absolute atomic E-state index is 13.3. The van der Waals surface area contributed by atoms with Gasteiger partial charge in [-0.2, -0.15) is 0 Å². The van der Waals surface area contributed by atoms with Crippen molar-refractivity contribution in [2.45, 2.75) is 33.2 Å². The van der Waals surface area contributed by atoms with Gasteiger partial charge in [0.05, 0.1) is 12.2 Å². The molecular formula is C27H33N3O3. The molecule has 2 amide bonds. The van der Waals surface area contributed by atoms with E-state index in [1.165, 1.54) is 10.5 Å². The topological polar surface area (TPSA) is 53.1 Å². The standard InChI is InChI=1S/C27H33N3O3/c1-3-14-30-26(31)24(22-10-12-23(13-11-22)33-19-4-2)25(27(30)32)29-17-15-28(16-18-29)20-21-8-6-5-7-9-21/h5-13H,3-4,14-20H2,1-2H3. The minimum atomic E-state index is -0.189. The molecule has 0 aromatic heterocycles. The van der Waals surface area contributed by atoms with Gasteiger partial charge in [-0.15, -0.1) is 0 Å². The van der Waals surface area contributed by atoms with E-state index in [1.807, 2.05) is 37.3 Å². The number of hydrogen-bond donors (Lipinski definition) is 0. The van der Waals surface area contributed by atoms with E-state index in [1.54, 1.807) is 0 Å². The van der Waals surface area contributed by atoms with Gasteiger partial charge in [0, 0.05) is 39.3 Å². The Balaban J connectivity index is 1.55. The zero-order valence-corrected chi connectivity index (χ0v) is 19.6. The van der Waals surface area contributed by atoms with Gasteiger partial charge in [0.2, 0.25) is 0 Å². The lowest BCUT2D eigenvalue weighted by Crippen LogP contribution is -2.47. The molecular weight excluding hydrogens is 414 g/mol. The third kappa shape index (κ3) is 5.11. The summed E-state index contributed by atoms with van der Waals surface area (Å²) in [6.07, 6.45) is 1.68. The Morgan fingerprint density at radius 2 is 1.52 bits per heavy atom. The molecule has 0 N–H and O–H groups in total. The molecule has 4 rings (SSSR count). The van der Waals surface area contributed by atoms with Crippen molar-refractivity contribution < 1.29 is 14.3 Å². The molecule has 2 aromatic carbocycles. The molecule has 0 spiro atoms. The summed E-state index contributed by atoms with van der Waals surface area (Å²) in [7, 11) is 0. The number of rotatable bonds is 9. The fraction of sp³-hybridized carbons (Fsp3) is 0.407. The molecule has 2 aliphatic heterocycles. The first kappa shape index (κ1) is 23.1. The number of carbonyl (C=O) groups excluding carboxylic acids is 2. The van der Waals surface area contributed by atoms with Crippen LogP contribution in [0.4, 0.5) is 0 Å². The van der Waals surface area contributed by atoms with Crippen molar-refractivity contribution in [1.82, 2.24) is 14.7 Å². The molecule has 0 unspecified atom stereocenters. The summed E-state index contributed by atoms with van der Waals surface area (Å²) in [5.74, 6) is 0.421. The maximum Gasteiger partial charge on any atom is 0.277 e. The van der Waals surface area contributed by atoms with Gasteiger partial charge in [0.25, 0.3) is 11.8 Å². The average Bonchev–Trinajstić information content (AvgIpc) is 3.09. The SMILES string of the molecule is CCCOc1ccc(C2=C(N3CCN(Cc4ccccc4)CC3)C(=O)N(CCC)C2=O)cc1. The Bertz CT molecular complexity index is 993. The zero-order valence-electron chi connectivity index (χ0n) is 19.6. The normalized spacial score (nSPS) is 17.3. The lowest BCUT2D eigenvalue weighted by molar-refractivity contribution is -0.137. The van der Waals surface area contributed by atoms with Gasteiger partial charge < -0.3 is 9.64 Å². The molecule has 2 heterocycles. The van der Waals surface area contributed by atoms with Crippen molar-refractivity contribution in [1.29, 1.82) is 0 Å². The van der Waals surface area contributed by atoms with Gasteiger partial charge in [-0.25, -0.2) is 0 Å². The third-order valence-corrected chi connectivity index (χ3v) is 6.14. The first-order valence-corrected chi connectivity index (χ1v) is 12.0. The largest absolute Gasteiger partial charge is 0.494 e. The van der Waals surface area contributed by atoms with Gasteiger partial charge in [0.15, 0.2) is 0 Å². The van der Waals surface area contributed by atoms with Crippen molar-refractivity contribution in [2.24, 2.45) is 0 Å². The van der Waals surface area contributed by atoms with Crippen LogP contribution in [0.1, 0.15) is 37.8 Å². The van der Waals surface area contributed by atoms with Crippen LogP contribution < -0.4 is 4.74 Å². The highest BCUT2D eigenvalue weighted by molar-refractivity contribution is 6.35. The molecule has 1 fully saturated rings. The Morgan fingerprint density at radius 1 is 0.818 bits per heavy atom. The summed E-state index contributed by atoms with van der Waals surface area (Å²) in [5.41, 5.74) is 3.14. The highest BCUT2D eigenvalue weighted by Crippen LogP contribution is 2.33. The number of benzene rings is 2. The molecule has 2 aromatic rings. The molecule has 33 heavy (non-hydrogen) atoms. The Morgan fingerprint density at radius 3 is 2.15 bits per heavy atom. The maximum atomic E-state index is 13.3. The number of ether oxygens (including phenoxy) is 1. The lowest BCUT2D eigenvalue weighted by Gasteiger charge is -2.36. The number of nitrogens with zero attached hydrogens (tertiary/aromatic N) is 3. The second-order valence-corrected chi connectivity index (χ2v) is 8.61. The number of carbonyl (C=O) groups is 2. The van der Waals surface area contributed by atoms with Crippen molar-refractivity contribution >= 4 is 17.4 Å². The molecule has 2 aliphatic rings. The zero-order chi connectivity index (χ0) is 23.2. The molecule has 0 atom stereocenters. The smallest absolute Gasteiger partial charge is 0.277 e. The monoisotopic (exact) mass is 447 g/mol. The van der Waals surface area contributed by atoms with Gasteiger partial charge in [-0.3, -0.25) is 19.4 Å². The predicted octanol–water partition coefficient (Wildman–Crippen LogP) is 3.78. The van der Waals surface area contributed by atoms with Gasteiger partial charge in [-0.05, 0) is 36.1 Å². The summed E-state index contributed by atoms with van der Waals surface area (Å²) in [4.78, 5) is 32.5. The van der Waals surface area contributed by atoms with Crippen molar-refractivity contribution in [3.63, 3.8) is 0 Å². The molecule has 6 nitrogen and oxygen atoms in total. The van der Waals surface area contributed by atoms with Crippen LogP contribution in [0.15, 0.2) is 60.3 Å². The van der Waals surface area contributed by atoms with E-state index in [0.29, 0.717) is 24.4 Å². The van der Waals surface area contributed by atoms with Crippen molar-refractivity contribution in [3.8, 4) is 5.75 Å². The molecule has 1 saturated heterocycles. The van der Waals surface area contributed by atoms with E-state index in [-0.39, 0.29) is 11.8 Å². The van der Waals surface area contributed by atoms with E-state index in [4.69, 9.17) is 4.74 Å². The molecule has 0 bridgehead atoms. The molecule has 0 radical (unpaired) electrons. The van der Waals surface area contributed by atoms with Crippen LogP contribution in [0.3, 0.4) is 0 Å². The van der Waals surface area contributed by atoms with E-state index >= 15 is 0 Å². The average molecular weight is 448 g/mol. The highest BCUT2D eigenvalue weighted by Gasteiger charge is 2.41. The van der Waals surface area contributed by atoms with Crippen molar-refractivity contribution in [2.75, 3.05) is 39.3 Å². The van der Waals surface area contributed by atoms with Crippen LogP contribution in [0, 0.1) is 0 Å². The number of hydrogen-bond acceptors (Lipinski definition) is 5. The van der Waals surface area contributed by atoms with Crippen LogP contribution in [-0.2, 0) is 16.1 Å². The Hall–Kier alpha value is -3.12. The summed E-state index contributed by atoms with van der Waals surface area (Å²) < 4.78 is 5.69. The minimum Gasteiger partial charge on any atom is -0.494 e. The van der Waals surface area contributed by atoms with Gasteiger partial charge >= 0.3 is 0 Å². The second-order valence-electron chi connectivity index (χ2n) is 8.61. The number of piperazine rings is 1. The summed E-state index contributed by atoms with van der Waals surface area (Å²) in [6.45, 7) is 9.20. The van der Waals surface area contributed by atoms with E-state index in [2.05, 4.69) is 41.0 Å². The Kier molecular flexibility index (Phi) is 7.45. The second kappa shape index (κ2) is 10.7. The highest BCUT2D eigenvalue weighted by atomic mass is 16.5. The van der Waals surface area contributed by atoms with Crippen LogP contribution in [0.5, 0.6) is 5.75 Å². The predicted molar refractivity (Wildman–Crippen MR) is 129 cm³/mol. The molecule has 0 aliphatic carbocycles. The Labute approximate surface area is 196 Å². The number of amides is 2. The molecule has 0 saturated carbocycles. The summed E-state index contributed by atoms with van der Waals surface area (Å²) >= 11 is 0. The lowest BCUT2D eigenvalue weighted by atomic mass is 10.0. The molecule has 6 heteroatoms. The van der Waals surface area contributed by atoms with Crippen molar-refractivity contribution in [3.05, 3.63) is 71.4 Å². The van der Waals surface area contributed by atoms with Crippen LogP contribution in [0.25, 0.3) is 5.57 Å². The van der Waals surface area contributed by atoms with Gasteiger partial charge in [0.1, 0.15) is 11.4 Å². The molecule has 174 valence electrons. The summed E-state index contributed by atoms with van der Waals surface area (Å²) in [5, 5.41) is 0.